The number of methoxy groups -OCH3 is 1. The van der Waals surface area contributed by atoms with Crippen LogP contribution in [0.3, 0.4) is 0 Å². The lowest BCUT2D eigenvalue weighted by Gasteiger charge is -2.37. The molecule has 0 saturated carbocycles. The van der Waals surface area contributed by atoms with Gasteiger partial charge in [-0.15, -0.1) is 0 Å². The molecule has 0 aliphatic carbocycles. The molecule has 1 fully saturated rings. The van der Waals surface area contributed by atoms with Gasteiger partial charge in [0.05, 0.1) is 6.61 Å². The molecule has 1 saturated heterocycles. The summed E-state index contributed by atoms with van der Waals surface area (Å²) in [6, 6.07) is 1.88. The van der Waals surface area contributed by atoms with E-state index in [9.17, 15) is 0 Å². The number of nitrogens with one attached hydrogen (secondary N) is 1. The fourth-order valence-electron chi connectivity index (χ4n) is 2.05. The Morgan fingerprint density at radius 2 is 2.21 bits per heavy atom. The molecule has 0 bridgehead atoms. The highest BCUT2D eigenvalue weighted by molar-refractivity contribution is 4.82. The summed E-state index contributed by atoms with van der Waals surface area (Å²) in [5.74, 6) is 0. The summed E-state index contributed by atoms with van der Waals surface area (Å²) in [7, 11) is 3.97. The van der Waals surface area contributed by atoms with Gasteiger partial charge in [-0.1, -0.05) is 0 Å². The summed E-state index contributed by atoms with van der Waals surface area (Å²) >= 11 is 0. The molecule has 1 rings (SSSR count). The zero-order valence-electron chi connectivity index (χ0n) is 9.92. The maximum atomic E-state index is 5.17. The lowest BCUT2D eigenvalue weighted by Crippen LogP contribution is -2.51. The first-order valence-electron chi connectivity index (χ1n) is 5.59. The highest BCUT2D eigenvalue weighted by Gasteiger charge is 2.23. The number of piperidine rings is 1. The van der Waals surface area contributed by atoms with Gasteiger partial charge in [0.25, 0.3) is 0 Å². The Labute approximate surface area is 87.8 Å². The maximum Gasteiger partial charge on any atom is 0.0615 e. The Morgan fingerprint density at radius 3 is 2.71 bits per heavy atom. The van der Waals surface area contributed by atoms with Crippen LogP contribution in [0.4, 0.5) is 0 Å². The van der Waals surface area contributed by atoms with Crippen molar-refractivity contribution in [1.82, 2.24) is 10.2 Å². The van der Waals surface area contributed by atoms with Crippen LogP contribution in [0.25, 0.3) is 0 Å². The Hall–Kier alpha value is -0.120. The van der Waals surface area contributed by atoms with Crippen molar-refractivity contribution >= 4 is 0 Å². The average molecular weight is 200 g/mol. The van der Waals surface area contributed by atoms with E-state index >= 15 is 0 Å². The van der Waals surface area contributed by atoms with E-state index in [0.29, 0.717) is 18.1 Å². The second-order valence-electron chi connectivity index (χ2n) is 4.51. The van der Waals surface area contributed by atoms with Crippen molar-refractivity contribution in [2.24, 2.45) is 0 Å². The molecule has 0 aromatic carbocycles. The lowest BCUT2D eigenvalue weighted by molar-refractivity contribution is 0.0763. The van der Waals surface area contributed by atoms with Crippen molar-refractivity contribution in [2.75, 3.05) is 27.3 Å². The fraction of sp³-hybridized carbons (Fsp3) is 1.00. The van der Waals surface area contributed by atoms with Gasteiger partial charge in [-0.3, -0.25) is 4.90 Å². The van der Waals surface area contributed by atoms with Crippen molar-refractivity contribution in [3.63, 3.8) is 0 Å². The van der Waals surface area contributed by atoms with E-state index in [1.807, 2.05) is 0 Å². The molecule has 0 aromatic heterocycles. The van der Waals surface area contributed by atoms with Gasteiger partial charge in [0.15, 0.2) is 0 Å². The summed E-state index contributed by atoms with van der Waals surface area (Å²) in [4.78, 5) is 2.43. The van der Waals surface area contributed by atoms with Crippen molar-refractivity contribution in [1.29, 1.82) is 0 Å². The van der Waals surface area contributed by atoms with Crippen LogP contribution in [-0.4, -0.2) is 50.3 Å². The molecule has 1 aliphatic rings. The summed E-state index contributed by atoms with van der Waals surface area (Å²) < 4.78 is 5.17. The summed E-state index contributed by atoms with van der Waals surface area (Å²) in [5, 5.41) is 3.53. The summed E-state index contributed by atoms with van der Waals surface area (Å²) in [6.07, 6.45) is 2.59. The number of likely N-dealkylation sites (N-methyl/N-ethyl adjacent to an activating group) is 1. The normalized spacial score (nSPS) is 30.6. The van der Waals surface area contributed by atoms with Gasteiger partial charge in [-0.05, 0) is 33.7 Å². The molecule has 3 atom stereocenters. The van der Waals surface area contributed by atoms with Gasteiger partial charge < -0.3 is 10.1 Å². The predicted octanol–water partition coefficient (Wildman–Crippen LogP) is 1.09. The standard InChI is InChI=1S/C11H24N2O/c1-9-5-6-11(7-12-9)13(3)10(2)8-14-4/h9-12H,5-8H2,1-4H3. The van der Waals surface area contributed by atoms with Gasteiger partial charge >= 0.3 is 0 Å². The Morgan fingerprint density at radius 1 is 1.50 bits per heavy atom. The first-order valence-corrected chi connectivity index (χ1v) is 5.59. The van der Waals surface area contributed by atoms with Crippen LogP contribution in [-0.2, 0) is 4.74 Å². The summed E-state index contributed by atoms with van der Waals surface area (Å²) in [6.45, 7) is 6.42. The molecule has 0 spiro atoms. The molecule has 1 heterocycles. The van der Waals surface area contributed by atoms with Crippen LogP contribution in [0.15, 0.2) is 0 Å². The highest BCUT2D eigenvalue weighted by atomic mass is 16.5. The minimum absolute atomic E-state index is 0.514. The quantitative estimate of drug-likeness (QED) is 0.735. The van der Waals surface area contributed by atoms with Crippen molar-refractivity contribution < 1.29 is 4.74 Å². The van der Waals surface area contributed by atoms with E-state index in [4.69, 9.17) is 4.74 Å². The monoisotopic (exact) mass is 200 g/mol. The van der Waals surface area contributed by atoms with Crippen LogP contribution >= 0.6 is 0 Å². The van der Waals surface area contributed by atoms with Crippen molar-refractivity contribution in [2.45, 2.75) is 44.8 Å². The number of rotatable bonds is 4. The van der Waals surface area contributed by atoms with Crippen LogP contribution in [0.5, 0.6) is 0 Å². The minimum Gasteiger partial charge on any atom is -0.383 e. The fourth-order valence-corrected chi connectivity index (χ4v) is 2.05. The molecule has 1 aliphatic heterocycles. The van der Waals surface area contributed by atoms with Gasteiger partial charge in [-0.25, -0.2) is 0 Å². The van der Waals surface area contributed by atoms with Crippen molar-refractivity contribution in [3.05, 3.63) is 0 Å². The average Bonchev–Trinajstić information content (AvgIpc) is 2.18. The van der Waals surface area contributed by atoms with E-state index in [2.05, 4.69) is 31.1 Å². The SMILES string of the molecule is COCC(C)N(C)C1CCC(C)NC1. The zero-order valence-corrected chi connectivity index (χ0v) is 9.92. The van der Waals surface area contributed by atoms with E-state index < -0.39 is 0 Å². The maximum absolute atomic E-state index is 5.17. The van der Waals surface area contributed by atoms with Crippen LogP contribution in [0.2, 0.25) is 0 Å². The van der Waals surface area contributed by atoms with Crippen LogP contribution < -0.4 is 5.32 Å². The smallest absolute Gasteiger partial charge is 0.0615 e. The van der Waals surface area contributed by atoms with Crippen molar-refractivity contribution in [3.8, 4) is 0 Å². The van der Waals surface area contributed by atoms with E-state index in [-0.39, 0.29) is 0 Å². The van der Waals surface area contributed by atoms with Crippen LogP contribution in [0.1, 0.15) is 26.7 Å². The van der Waals surface area contributed by atoms with E-state index in [0.717, 1.165) is 13.2 Å². The molecule has 1 N–H and O–H groups in total. The minimum atomic E-state index is 0.514. The zero-order chi connectivity index (χ0) is 10.6. The molecule has 3 heteroatoms. The first kappa shape index (κ1) is 12.0. The van der Waals surface area contributed by atoms with E-state index in [1.54, 1.807) is 7.11 Å². The largest absolute Gasteiger partial charge is 0.383 e. The Bertz CT molecular complexity index is 155. The number of hydrogen-bond donors (Lipinski definition) is 1. The second-order valence-corrected chi connectivity index (χ2v) is 4.51. The number of nitrogens with zero attached hydrogens (tertiary/aromatic N) is 1. The third-order valence-corrected chi connectivity index (χ3v) is 3.31. The second kappa shape index (κ2) is 5.69. The summed E-state index contributed by atoms with van der Waals surface area (Å²) in [5.41, 5.74) is 0. The molecular weight excluding hydrogens is 176 g/mol. The molecule has 0 radical (unpaired) electrons. The lowest BCUT2D eigenvalue weighted by atomic mass is 10.00. The molecule has 14 heavy (non-hydrogen) atoms. The van der Waals surface area contributed by atoms with Crippen LogP contribution in [0, 0.1) is 0 Å². The highest BCUT2D eigenvalue weighted by Crippen LogP contribution is 2.14. The molecule has 0 amide bonds. The van der Waals surface area contributed by atoms with Gasteiger partial charge in [0.1, 0.15) is 0 Å². The molecule has 3 unspecified atom stereocenters. The Balaban J connectivity index is 2.33. The van der Waals surface area contributed by atoms with Gasteiger partial charge in [0, 0.05) is 31.8 Å². The third-order valence-electron chi connectivity index (χ3n) is 3.31. The third kappa shape index (κ3) is 3.23. The van der Waals surface area contributed by atoms with E-state index in [1.165, 1.54) is 12.8 Å². The molecule has 0 aromatic rings. The topological polar surface area (TPSA) is 24.5 Å². The number of ether oxygens (including phenoxy) is 1. The van der Waals surface area contributed by atoms with Gasteiger partial charge in [0.2, 0.25) is 0 Å². The first-order chi connectivity index (χ1) is 6.65. The number of hydrogen-bond acceptors (Lipinski definition) is 3. The molecule has 84 valence electrons. The Kier molecular flexibility index (Phi) is 4.85. The van der Waals surface area contributed by atoms with Gasteiger partial charge in [-0.2, -0.15) is 0 Å². The molecular formula is C11H24N2O. The molecule has 3 nitrogen and oxygen atoms in total. The predicted molar refractivity (Wildman–Crippen MR) is 59.6 cm³/mol.